The van der Waals surface area contributed by atoms with E-state index in [2.05, 4.69) is 129 Å². The van der Waals surface area contributed by atoms with Crippen LogP contribution < -0.4 is 0 Å². The Kier molecular flexibility index (Phi) is 6.14. The van der Waals surface area contributed by atoms with Crippen LogP contribution in [0.2, 0.25) is 0 Å². The van der Waals surface area contributed by atoms with Crippen LogP contribution in [-0.4, -0.2) is 17.8 Å². The summed E-state index contributed by atoms with van der Waals surface area (Å²) in [5, 5.41) is 0. The molecule has 3 aromatic carbocycles. The Morgan fingerprint density at radius 2 is 1.38 bits per heavy atom. The van der Waals surface area contributed by atoms with Gasteiger partial charge in [-0.1, -0.05) is 74.5 Å². The van der Waals surface area contributed by atoms with Gasteiger partial charge in [-0.25, -0.2) is 4.58 Å². The Morgan fingerprint density at radius 1 is 0.735 bits per heavy atom. The number of fused-ring (bicyclic) bond motifs is 1. The van der Waals surface area contributed by atoms with Crippen molar-refractivity contribution in [1.82, 2.24) is 0 Å². The van der Waals surface area contributed by atoms with Crippen LogP contribution in [0.5, 0.6) is 0 Å². The lowest BCUT2D eigenvalue weighted by atomic mass is 9.98. The highest BCUT2D eigenvalue weighted by Crippen LogP contribution is 2.33. The van der Waals surface area contributed by atoms with Gasteiger partial charge in [0.25, 0.3) is 0 Å². The molecule has 0 aromatic heterocycles. The Bertz CT molecular complexity index is 1360. The maximum absolute atomic E-state index is 6.39. The second-order valence-corrected chi connectivity index (χ2v) is 8.76. The zero-order valence-electron chi connectivity index (χ0n) is 20.1. The van der Waals surface area contributed by atoms with Crippen LogP contribution in [0.3, 0.4) is 0 Å². The number of allylic oxidation sites excluding steroid dienone is 6. The van der Waals surface area contributed by atoms with Crippen molar-refractivity contribution >= 4 is 28.8 Å². The number of aryl methyl sites for hydroxylation is 2. The molecule has 0 fully saturated rings. The van der Waals surface area contributed by atoms with Gasteiger partial charge in [0.05, 0.1) is 11.1 Å². The van der Waals surface area contributed by atoms with Crippen molar-refractivity contribution < 1.29 is 9.31 Å². The summed E-state index contributed by atoms with van der Waals surface area (Å²) >= 11 is 0. The molecule has 2 aliphatic heterocycles. The molecule has 0 amide bonds. The largest absolute Gasteiger partial charge is 0.457 e. The molecule has 34 heavy (non-hydrogen) atoms. The van der Waals surface area contributed by atoms with Gasteiger partial charge >= 0.3 is 0 Å². The maximum Gasteiger partial charge on any atom is 0.213 e. The fourth-order valence-corrected chi connectivity index (χ4v) is 4.43. The molecule has 2 heterocycles. The summed E-state index contributed by atoms with van der Waals surface area (Å²) < 4.78 is 8.56. The molecule has 0 spiro atoms. The highest BCUT2D eigenvalue weighted by molar-refractivity contribution is 6.12. The Morgan fingerprint density at radius 3 is 2.06 bits per heavy atom. The average Bonchev–Trinajstić information content (AvgIpc) is 3.23. The zero-order valence-corrected chi connectivity index (χ0v) is 20.1. The predicted molar refractivity (Wildman–Crippen MR) is 143 cm³/mol. The van der Waals surface area contributed by atoms with E-state index in [4.69, 9.17) is 4.74 Å². The van der Waals surface area contributed by atoms with Gasteiger partial charge in [0.2, 0.25) is 5.69 Å². The second-order valence-electron chi connectivity index (χ2n) is 8.76. The molecule has 0 radical (unpaired) electrons. The first-order valence-corrected chi connectivity index (χ1v) is 12.0. The lowest BCUT2D eigenvalue weighted by Crippen LogP contribution is -1.99. The van der Waals surface area contributed by atoms with Crippen molar-refractivity contribution in [2.45, 2.75) is 26.7 Å². The van der Waals surface area contributed by atoms with Gasteiger partial charge in [0.15, 0.2) is 6.21 Å². The van der Waals surface area contributed by atoms with Crippen molar-refractivity contribution in [2.24, 2.45) is 0 Å². The molecule has 3 aromatic rings. The van der Waals surface area contributed by atoms with Crippen molar-refractivity contribution in [3.05, 3.63) is 131 Å². The fourth-order valence-electron chi connectivity index (χ4n) is 4.43. The molecule has 5 rings (SSSR count). The van der Waals surface area contributed by atoms with E-state index in [1.165, 1.54) is 33.5 Å². The number of nitrogens with zero attached hydrogens (tertiary/aromatic N) is 1. The Labute approximate surface area is 202 Å². The molecule has 0 saturated carbocycles. The van der Waals surface area contributed by atoms with Crippen molar-refractivity contribution in [1.29, 1.82) is 0 Å². The summed E-state index contributed by atoms with van der Waals surface area (Å²) in [5.74, 6) is 1.71. The third kappa shape index (κ3) is 4.45. The van der Waals surface area contributed by atoms with E-state index in [-0.39, 0.29) is 0 Å². The predicted octanol–water partition coefficient (Wildman–Crippen LogP) is 7.59. The summed E-state index contributed by atoms with van der Waals surface area (Å²) in [5.41, 5.74) is 9.75. The summed E-state index contributed by atoms with van der Waals surface area (Å²) in [6, 6.07) is 26.0. The molecule has 2 heteroatoms. The monoisotopic (exact) mass is 444 g/mol. The van der Waals surface area contributed by atoms with Crippen LogP contribution in [0.15, 0.2) is 103 Å². The third-order valence-electron chi connectivity index (χ3n) is 6.51. The normalized spacial score (nSPS) is 17.2. The molecule has 2 aliphatic rings. The highest BCUT2D eigenvalue weighted by atomic mass is 16.5. The summed E-state index contributed by atoms with van der Waals surface area (Å²) in [6.07, 6.45) is 12.7. The molecular weight excluding hydrogens is 414 g/mol. The highest BCUT2D eigenvalue weighted by Gasteiger charge is 2.22. The first-order valence-electron chi connectivity index (χ1n) is 12.0. The van der Waals surface area contributed by atoms with Gasteiger partial charge in [-0.05, 0) is 65.5 Å². The van der Waals surface area contributed by atoms with E-state index in [0.29, 0.717) is 0 Å². The molecule has 2 nitrogen and oxygen atoms in total. The molecule has 0 bridgehead atoms. The number of benzene rings is 3. The summed E-state index contributed by atoms with van der Waals surface area (Å²) in [4.78, 5) is 0. The summed E-state index contributed by atoms with van der Waals surface area (Å²) in [6.45, 7) is 4.36. The SMILES string of the molecule is CCc1ccc(C2=CC(=CC=C3C=[N+](C)c4ccccc43)OC(c3ccc(CC)cc3)=C2)cc1. The number of para-hydroxylation sites is 1. The smallest absolute Gasteiger partial charge is 0.213 e. The van der Waals surface area contributed by atoms with E-state index < -0.39 is 0 Å². The van der Waals surface area contributed by atoms with Gasteiger partial charge in [-0.3, -0.25) is 0 Å². The van der Waals surface area contributed by atoms with E-state index in [9.17, 15) is 0 Å². The molecule has 0 N–H and O–H groups in total. The Balaban J connectivity index is 1.54. The number of rotatable bonds is 5. The molecule has 0 unspecified atom stereocenters. The molecule has 0 saturated heterocycles. The van der Waals surface area contributed by atoms with Crippen LogP contribution in [-0.2, 0) is 17.6 Å². The van der Waals surface area contributed by atoms with Crippen LogP contribution in [0.4, 0.5) is 5.69 Å². The second kappa shape index (κ2) is 9.52. The van der Waals surface area contributed by atoms with Crippen LogP contribution >= 0.6 is 0 Å². The lowest BCUT2D eigenvalue weighted by Gasteiger charge is -2.18. The molecule has 168 valence electrons. The first kappa shape index (κ1) is 21.9. The minimum Gasteiger partial charge on any atom is -0.457 e. The lowest BCUT2D eigenvalue weighted by molar-refractivity contribution is -0.395. The van der Waals surface area contributed by atoms with E-state index in [1.54, 1.807) is 0 Å². The standard InChI is InChI=1S/C32H30NO/c1-4-23-10-14-25(15-11-23)28-20-29(34-32(21-28)26-16-12-24(5-2)13-17-26)19-18-27-22-33(3)31-9-7-6-8-30(27)31/h6-22H,4-5H2,1-3H3/q+1. The number of ether oxygens (including phenoxy) is 1. The van der Waals surface area contributed by atoms with Gasteiger partial charge in [-0.2, -0.15) is 0 Å². The maximum atomic E-state index is 6.39. The van der Waals surface area contributed by atoms with Crippen LogP contribution in [0.1, 0.15) is 41.7 Å². The Hall–Kier alpha value is -3.91. The number of hydrogen-bond donors (Lipinski definition) is 0. The van der Waals surface area contributed by atoms with E-state index in [0.717, 1.165) is 35.5 Å². The van der Waals surface area contributed by atoms with Gasteiger partial charge in [0.1, 0.15) is 18.6 Å². The molecule has 0 aliphatic carbocycles. The summed E-state index contributed by atoms with van der Waals surface area (Å²) in [7, 11) is 2.09. The first-order chi connectivity index (χ1) is 16.6. The minimum atomic E-state index is 0.833. The third-order valence-corrected chi connectivity index (χ3v) is 6.51. The molecule has 0 atom stereocenters. The quantitative estimate of drug-likeness (QED) is 0.369. The fraction of sp³-hybridized carbons (Fsp3) is 0.156. The van der Waals surface area contributed by atoms with E-state index in [1.807, 2.05) is 0 Å². The minimum absolute atomic E-state index is 0.833. The van der Waals surface area contributed by atoms with Crippen molar-refractivity contribution in [2.75, 3.05) is 7.05 Å². The topological polar surface area (TPSA) is 12.2 Å². The van der Waals surface area contributed by atoms with Crippen LogP contribution in [0.25, 0.3) is 16.9 Å². The van der Waals surface area contributed by atoms with E-state index >= 15 is 0 Å². The van der Waals surface area contributed by atoms with Gasteiger partial charge in [0, 0.05) is 11.6 Å². The van der Waals surface area contributed by atoms with Gasteiger partial charge in [-0.15, -0.1) is 0 Å². The van der Waals surface area contributed by atoms with Crippen molar-refractivity contribution in [3.63, 3.8) is 0 Å². The average molecular weight is 445 g/mol. The van der Waals surface area contributed by atoms with Crippen LogP contribution in [0, 0.1) is 0 Å². The zero-order chi connectivity index (χ0) is 23.5. The molecular formula is C32H30NO+. The van der Waals surface area contributed by atoms with Crippen molar-refractivity contribution in [3.8, 4) is 0 Å². The van der Waals surface area contributed by atoms with Gasteiger partial charge < -0.3 is 4.74 Å². The number of hydrogen-bond acceptors (Lipinski definition) is 1.